The lowest BCUT2D eigenvalue weighted by Gasteiger charge is -2.20. The van der Waals surface area contributed by atoms with E-state index in [2.05, 4.69) is 10.4 Å². The number of nitrogens with zero attached hydrogens (tertiary/aromatic N) is 2. The third-order valence-corrected chi connectivity index (χ3v) is 5.89. The van der Waals surface area contributed by atoms with Crippen LogP contribution >= 0.6 is 23.2 Å². The van der Waals surface area contributed by atoms with Crippen LogP contribution in [0, 0.1) is 5.92 Å². The van der Waals surface area contributed by atoms with Crippen LogP contribution in [0.1, 0.15) is 57.4 Å². The Kier molecular flexibility index (Phi) is 6.69. The number of halogens is 2. The van der Waals surface area contributed by atoms with Crippen LogP contribution in [0.25, 0.3) is 0 Å². The topological polar surface area (TPSA) is 67.2 Å². The normalized spacial score (nSPS) is 16.3. The van der Waals surface area contributed by atoms with Crippen molar-refractivity contribution in [2.75, 3.05) is 5.32 Å². The first-order valence-corrected chi connectivity index (χ1v) is 10.5. The SMILES string of the molecule is CC(C)(O)Cn1ccc(NC(=O)[C@H](CC2CCCC2)c2ccc(Cl)c(Cl)c2)n1. The van der Waals surface area contributed by atoms with Gasteiger partial charge in [-0.25, -0.2) is 0 Å². The van der Waals surface area contributed by atoms with E-state index in [9.17, 15) is 9.90 Å². The third kappa shape index (κ3) is 5.72. The van der Waals surface area contributed by atoms with Crippen LogP contribution in [0.3, 0.4) is 0 Å². The van der Waals surface area contributed by atoms with Gasteiger partial charge in [-0.05, 0) is 43.9 Å². The van der Waals surface area contributed by atoms with E-state index in [1.165, 1.54) is 12.8 Å². The molecule has 7 heteroatoms. The van der Waals surface area contributed by atoms with Crippen LogP contribution in [-0.2, 0) is 11.3 Å². The Morgan fingerprint density at radius 1 is 1.29 bits per heavy atom. The summed E-state index contributed by atoms with van der Waals surface area (Å²) >= 11 is 12.3. The molecule has 1 aromatic carbocycles. The Morgan fingerprint density at radius 2 is 2.00 bits per heavy atom. The minimum Gasteiger partial charge on any atom is -0.389 e. The van der Waals surface area contributed by atoms with Gasteiger partial charge in [0.1, 0.15) is 0 Å². The summed E-state index contributed by atoms with van der Waals surface area (Å²) in [5.41, 5.74) is -0.00651. The molecule has 1 amide bonds. The highest BCUT2D eigenvalue weighted by Crippen LogP contribution is 2.36. The predicted molar refractivity (Wildman–Crippen MR) is 113 cm³/mol. The molecule has 152 valence electrons. The maximum atomic E-state index is 13.1. The van der Waals surface area contributed by atoms with Crippen molar-refractivity contribution in [3.05, 3.63) is 46.1 Å². The lowest BCUT2D eigenvalue weighted by atomic mass is 9.87. The predicted octanol–water partition coefficient (Wildman–Crippen LogP) is 5.26. The molecule has 1 aromatic heterocycles. The van der Waals surface area contributed by atoms with Crippen LogP contribution < -0.4 is 5.32 Å². The summed E-state index contributed by atoms with van der Waals surface area (Å²) < 4.78 is 1.63. The van der Waals surface area contributed by atoms with E-state index >= 15 is 0 Å². The lowest BCUT2D eigenvalue weighted by molar-refractivity contribution is -0.118. The number of carbonyl (C=O) groups excluding carboxylic acids is 1. The number of aromatic nitrogens is 2. The van der Waals surface area contributed by atoms with Crippen LogP contribution in [0.15, 0.2) is 30.5 Å². The molecule has 5 nitrogen and oxygen atoms in total. The van der Waals surface area contributed by atoms with Crippen molar-refractivity contribution in [3.63, 3.8) is 0 Å². The summed E-state index contributed by atoms with van der Waals surface area (Å²) in [5.74, 6) is 0.611. The largest absolute Gasteiger partial charge is 0.389 e. The smallest absolute Gasteiger partial charge is 0.233 e. The summed E-state index contributed by atoms with van der Waals surface area (Å²) in [6.07, 6.45) is 7.30. The first-order valence-electron chi connectivity index (χ1n) is 9.73. The molecule has 1 heterocycles. The highest BCUT2D eigenvalue weighted by molar-refractivity contribution is 6.42. The van der Waals surface area contributed by atoms with Gasteiger partial charge < -0.3 is 10.4 Å². The molecule has 1 aliphatic rings. The Morgan fingerprint density at radius 3 is 2.64 bits per heavy atom. The Hall–Kier alpha value is -1.56. The van der Waals surface area contributed by atoms with Crippen LogP contribution in [-0.4, -0.2) is 26.4 Å². The van der Waals surface area contributed by atoms with Gasteiger partial charge in [0.2, 0.25) is 5.91 Å². The first kappa shape index (κ1) is 21.2. The number of amides is 1. The minimum absolute atomic E-state index is 0.0983. The van der Waals surface area contributed by atoms with Gasteiger partial charge in [-0.1, -0.05) is 55.0 Å². The number of nitrogens with one attached hydrogen (secondary N) is 1. The molecule has 1 saturated carbocycles. The van der Waals surface area contributed by atoms with Crippen molar-refractivity contribution in [2.45, 2.75) is 64.0 Å². The van der Waals surface area contributed by atoms with Gasteiger partial charge in [0, 0.05) is 12.3 Å². The standard InChI is InChI=1S/C21H27Cl2N3O2/c1-21(2,28)13-26-10-9-19(25-26)24-20(27)16(11-14-5-3-4-6-14)15-7-8-17(22)18(23)12-15/h7-10,12,14,16,28H,3-6,11,13H2,1-2H3,(H,24,25,27)/t16-/m1/s1. The molecule has 3 rings (SSSR count). The number of carbonyl (C=O) groups is 1. The van der Waals surface area contributed by atoms with Gasteiger partial charge in [0.15, 0.2) is 5.82 Å². The maximum absolute atomic E-state index is 13.1. The molecule has 0 spiro atoms. The molecule has 28 heavy (non-hydrogen) atoms. The fourth-order valence-corrected chi connectivity index (χ4v) is 4.14. The molecule has 0 radical (unpaired) electrons. The zero-order valence-corrected chi connectivity index (χ0v) is 17.8. The molecule has 1 aliphatic carbocycles. The summed E-state index contributed by atoms with van der Waals surface area (Å²) in [7, 11) is 0. The van der Waals surface area contributed by atoms with Gasteiger partial charge in [-0.15, -0.1) is 0 Å². The van der Waals surface area contributed by atoms with Crippen molar-refractivity contribution < 1.29 is 9.90 Å². The molecule has 2 aromatic rings. The van der Waals surface area contributed by atoms with Crippen molar-refractivity contribution >= 4 is 34.9 Å². The summed E-state index contributed by atoms with van der Waals surface area (Å²) in [4.78, 5) is 13.1. The maximum Gasteiger partial charge on any atom is 0.233 e. The van der Waals surface area contributed by atoms with Crippen LogP contribution in [0.5, 0.6) is 0 Å². The minimum atomic E-state index is -0.877. The van der Waals surface area contributed by atoms with E-state index in [-0.39, 0.29) is 11.8 Å². The van der Waals surface area contributed by atoms with Crippen molar-refractivity contribution in [1.82, 2.24) is 9.78 Å². The molecular formula is C21H27Cl2N3O2. The molecule has 1 fully saturated rings. The van der Waals surface area contributed by atoms with Crippen molar-refractivity contribution in [3.8, 4) is 0 Å². The Labute approximate surface area is 176 Å². The van der Waals surface area contributed by atoms with E-state index in [1.807, 2.05) is 6.07 Å². The monoisotopic (exact) mass is 423 g/mol. The lowest BCUT2D eigenvalue weighted by Crippen LogP contribution is -2.27. The molecule has 1 atom stereocenters. The second kappa shape index (κ2) is 8.85. The van der Waals surface area contributed by atoms with E-state index < -0.39 is 5.60 Å². The number of hydrogen-bond acceptors (Lipinski definition) is 3. The highest BCUT2D eigenvalue weighted by atomic mass is 35.5. The summed E-state index contributed by atoms with van der Waals surface area (Å²) in [5, 5.41) is 18.2. The van der Waals surface area contributed by atoms with Crippen LogP contribution in [0.4, 0.5) is 5.82 Å². The third-order valence-electron chi connectivity index (χ3n) is 5.15. The molecule has 0 saturated heterocycles. The van der Waals surface area contributed by atoms with Gasteiger partial charge in [0.05, 0.1) is 28.1 Å². The average molecular weight is 424 g/mol. The second-order valence-electron chi connectivity index (χ2n) is 8.31. The second-order valence-corrected chi connectivity index (χ2v) is 9.13. The van der Waals surface area contributed by atoms with Crippen molar-refractivity contribution in [1.29, 1.82) is 0 Å². The number of benzene rings is 1. The molecular weight excluding hydrogens is 397 g/mol. The van der Waals surface area contributed by atoms with E-state index in [1.54, 1.807) is 42.9 Å². The van der Waals surface area contributed by atoms with E-state index in [4.69, 9.17) is 23.2 Å². The Balaban J connectivity index is 1.77. The van der Waals surface area contributed by atoms with Gasteiger partial charge in [-0.2, -0.15) is 5.10 Å². The fourth-order valence-electron chi connectivity index (χ4n) is 3.83. The van der Waals surface area contributed by atoms with Gasteiger partial charge in [-0.3, -0.25) is 9.48 Å². The average Bonchev–Trinajstić information content (AvgIpc) is 3.26. The fraction of sp³-hybridized carbons (Fsp3) is 0.524. The summed E-state index contributed by atoms with van der Waals surface area (Å²) in [6, 6.07) is 7.15. The van der Waals surface area contributed by atoms with Crippen molar-refractivity contribution in [2.24, 2.45) is 5.92 Å². The summed E-state index contributed by atoms with van der Waals surface area (Å²) in [6.45, 7) is 3.78. The highest BCUT2D eigenvalue weighted by Gasteiger charge is 2.27. The quantitative estimate of drug-likeness (QED) is 0.637. The van der Waals surface area contributed by atoms with Gasteiger partial charge in [0.25, 0.3) is 0 Å². The number of rotatable bonds is 7. The Bertz CT molecular complexity index is 823. The molecule has 0 bridgehead atoms. The number of aliphatic hydroxyl groups is 1. The zero-order valence-electron chi connectivity index (χ0n) is 16.3. The molecule has 0 aliphatic heterocycles. The number of anilines is 1. The van der Waals surface area contributed by atoms with E-state index in [0.717, 1.165) is 24.8 Å². The van der Waals surface area contributed by atoms with Crippen LogP contribution in [0.2, 0.25) is 10.0 Å². The number of hydrogen-bond donors (Lipinski definition) is 2. The van der Waals surface area contributed by atoms with Gasteiger partial charge >= 0.3 is 0 Å². The molecule has 2 N–H and O–H groups in total. The van der Waals surface area contributed by atoms with E-state index in [0.29, 0.717) is 28.3 Å². The zero-order chi connectivity index (χ0) is 20.3. The first-order chi connectivity index (χ1) is 13.2. The molecule has 0 unspecified atom stereocenters.